The van der Waals surface area contributed by atoms with E-state index in [4.69, 9.17) is 0 Å². The summed E-state index contributed by atoms with van der Waals surface area (Å²) in [6.45, 7) is 0.819. The molecule has 0 heterocycles. The van der Waals surface area contributed by atoms with Crippen molar-refractivity contribution in [2.45, 2.75) is 18.9 Å². The monoisotopic (exact) mass is 207 g/mol. The molecular formula is C12H14ClN. The summed E-state index contributed by atoms with van der Waals surface area (Å²) in [7, 11) is 0. The van der Waals surface area contributed by atoms with Crippen LogP contribution in [0, 0.1) is 11.8 Å². The largest absolute Gasteiger partial charge is 0.303 e. The van der Waals surface area contributed by atoms with Gasteiger partial charge in [-0.25, -0.2) is 0 Å². The van der Waals surface area contributed by atoms with E-state index >= 15 is 0 Å². The fourth-order valence-electron chi connectivity index (χ4n) is 1.15. The molecule has 1 aliphatic carbocycles. The van der Waals surface area contributed by atoms with Crippen LogP contribution in [0.1, 0.15) is 18.4 Å². The average molecular weight is 208 g/mol. The van der Waals surface area contributed by atoms with E-state index in [1.807, 2.05) is 30.3 Å². The molecule has 1 fully saturated rings. The Morgan fingerprint density at radius 1 is 1.21 bits per heavy atom. The van der Waals surface area contributed by atoms with Crippen molar-refractivity contribution in [3.05, 3.63) is 35.9 Å². The molecule has 0 unspecified atom stereocenters. The number of nitrogens with one attached hydrogen (secondary N) is 1. The summed E-state index contributed by atoms with van der Waals surface area (Å²) >= 11 is 0. The molecule has 0 radical (unpaired) electrons. The Bertz CT molecular complexity index is 319. The van der Waals surface area contributed by atoms with Crippen LogP contribution in [0.15, 0.2) is 30.3 Å². The lowest BCUT2D eigenvalue weighted by Gasteiger charge is -1.92. The molecule has 0 aromatic heterocycles. The molecule has 0 atom stereocenters. The van der Waals surface area contributed by atoms with Gasteiger partial charge in [0.1, 0.15) is 0 Å². The highest BCUT2D eigenvalue weighted by Crippen LogP contribution is 2.17. The van der Waals surface area contributed by atoms with Crippen molar-refractivity contribution in [1.82, 2.24) is 5.32 Å². The van der Waals surface area contributed by atoms with Gasteiger partial charge in [-0.3, -0.25) is 0 Å². The number of benzene rings is 1. The maximum absolute atomic E-state index is 3.35. The molecule has 74 valence electrons. The van der Waals surface area contributed by atoms with E-state index in [9.17, 15) is 0 Å². The van der Waals surface area contributed by atoms with Crippen molar-refractivity contribution >= 4 is 12.4 Å². The van der Waals surface area contributed by atoms with Gasteiger partial charge in [0.15, 0.2) is 0 Å². The van der Waals surface area contributed by atoms with Crippen LogP contribution in [-0.2, 0) is 0 Å². The number of rotatable bonds is 2. The zero-order valence-corrected chi connectivity index (χ0v) is 8.81. The Morgan fingerprint density at radius 2 is 1.93 bits per heavy atom. The minimum Gasteiger partial charge on any atom is -0.303 e. The summed E-state index contributed by atoms with van der Waals surface area (Å²) in [5.74, 6) is 6.23. The first-order valence-electron chi connectivity index (χ1n) is 4.72. The zero-order valence-electron chi connectivity index (χ0n) is 7.99. The molecule has 1 aromatic carbocycles. The smallest absolute Gasteiger partial charge is 0.0582 e. The average Bonchev–Trinajstić information content (AvgIpc) is 2.98. The maximum Gasteiger partial charge on any atom is 0.0582 e. The number of hydrogen-bond donors (Lipinski definition) is 1. The molecule has 1 saturated carbocycles. The van der Waals surface area contributed by atoms with Gasteiger partial charge >= 0.3 is 0 Å². The van der Waals surface area contributed by atoms with Crippen LogP contribution in [0.3, 0.4) is 0 Å². The lowest BCUT2D eigenvalue weighted by molar-refractivity contribution is 0.763. The highest BCUT2D eigenvalue weighted by molar-refractivity contribution is 5.85. The Hall–Kier alpha value is -0.970. The Balaban J connectivity index is 0.000000980. The van der Waals surface area contributed by atoms with Gasteiger partial charge in [0.2, 0.25) is 0 Å². The molecule has 0 amide bonds. The van der Waals surface area contributed by atoms with Crippen molar-refractivity contribution < 1.29 is 0 Å². The maximum atomic E-state index is 3.35. The molecule has 1 N–H and O–H groups in total. The predicted molar refractivity (Wildman–Crippen MR) is 61.6 cm³/mol. The van der Waals surface area contributed by atoms with Gasteiger partial charge in [-0.15, -0.1) is 12.4 Å². The van der Waals surface area contributed by atoms with Crippen molar-refractivity contribution in [2.24, 2.45) is 0 Å². The van der Waals surface area contributed by atoms with Gasteiger partial charge in [0, 0.05) is 11.6 Å². The van der Waals surface area contributed by atoms with Gasteiger partial charge in [-0.05, 0) is 25.0 Å². The van der Waals surface area contributed by atoms with E-state index in [2.05, 4.69) is 17.2 Å². The van der Waals surface area contributed by atoms with Crippen LogP contribution < -0.4 is 5.32 Å². The summed E-state index contributed by atoms with van der Waals surface area (Å²) in [5.41, 5.74) is 1.10. The SMILES string of the molecule is C(#Cc1ccccc1)CNC1CC1.Cl. The molecule has 2 rings (SSSR count). The van der Waals surface area contributed by atoms with Crippen molar-refractivity contribution in [3.63, 3.8) is 0 Å². The second-order valence-electron chi connectivity index (χ2n) is 3.32. The lowest BCUT2D eigenvalue weighted by atomic mass is 10.2. The van der Waals surface area contributed by atoms with E-state index < -0.39 is 0 Å². The highest BCUT2D eigenvalue weighted by atomic mass is 35.5. The van der Waals surface area contributed by atoms with E-state index in [0.29, 0.717) is 0 Å². The normalized spacial score (nSPS) is 13.7. The molecular weight excluding hydrogens is 194 g/mol. The minimum absolute atomic E-state index is 0. The third-order valence-electron chi connectivity index (χ3n) is 2.06. The third-order valence-corrected chi connectivity index (χ3v) is 2.06. The second kappa shape index (κ2) is 5.70. The van der Waals surface area contributed by atoms with Crippen LogP contribution in [0.4, 0.5) is 0 Å². The van der Waals surface area contributed by atoms with E-state index in [1.54, 1.807) is 0 Å². The molecule has 2 heteroatoms. The molecule has 1 nitrogen and oxygen atoms in total. The van der Waals surface area contributed by atoms with Crippen molar-refractivity contribution in [3.8, 4) is 11.8 Å². The third kappa shape index (κ3) is 3.83. The fraction of sp³-hybridized carbons (Fsp3) is 0.333. The standard InChI is InChI=1S/C12H13N.ClH/c1-2-5-11(6-3-1)7-4-10-13-12-8-9-12;/h1-3,5-6,12-13H,8-10H2;1H. The molecule has 1 aromatic rings. The van der Waals surface area contributed by atoms with Crippen molar-refractivity contribution in [2.75, 3.05) is 6.54 Å². The highest BCUT2D eigenvalue weighted by Gasteiger charge is 2.18. The quantitative estimate of drug-likeness (QED) is 0.734. The first kappa shape index (κ1) is 11.1. The molecule has 14 heavy (non-hydrogen) atoms. The van der Waals surface area contributed by atoms with Gasteiger partial charge in [-0.1, -0.05) is 30.0 Å². The summed E-state index contributed by atoms with van der Waals surface area (Å²) in [6, 6.07) is 10.9. The summed E-state index contributed by atoms with van der Waals surface area (Å²) in [5, 5.41) is 3.35. The van der Waals surface area contributed by atoms with Crippen LogP contribution in [-0.4, -0.2) is 12.6 Å². The Kier molecular flexibility index (Phi) is 4.52. The van der Waals surface area contributed by atoms with Gasteiger partial charge in [0.05, 0.1) is 6.54 Å². The second-order valence-corrected chi connectivity index (χ2v) is 3.32. The molecule has 1 aliphatic rings. The molecule has 0 spiro atoms. The lowest BCUT2D eigenvalue weighted by Crippen LogP contribution is -2.15. The predicted octanol–water partition coefficient (Wildman–Crippen LogP) is 2.21. The van der Waals surface area contributed by atoms with Gasteiger partial charge in [0.25, 0.3) is 0 Å². The van der Waals surface area contributed by atoms with Gasteiger partial charge in [-0.2, -0.15) is 0 Å². The number of halogens is 1. The topological polar surface area (TPSA) is 12.0 Å². The minimum atomic E-state index is 0. The fourth-order valence-corrected chi connectivity index (χ4v) is 1.15. The molecule has 0 aliphatic heterocycles. The first-order valence-corrected chi connectivity index (χ1v) is 4.72. The van der Waals surface area contributed by atoms with Crippen LogP contribution in [0.25, 0.3) is 0 Å². The van der Waals surface area contributed by atoms with Crippen LogP contribution in [0.5, 0.6) is 0 Å². The van der Waals surface area contributed by atoms with E-state index in [-0.39, 0.29) is 12.4 Å². The van der Waals surface area contributed by atoms with Gasteiger partial charge < -0.3 is 5.32 Å². The van der Waals surface area contributed by atoms with E-state index in [1.165, 1.54) is 12.8 Å². The molecule has 0 bridgehead atoms. The van der Waals surface area contributed by atoms with E-state index in [0.717, 1.165) is 18.2 Å². The first-order chi connectivity index (χ1) is 6.45. The van der Waals surface area contributed by atoms with Crippen LogP contribution in [0.2, 0.25) is 0 Å². The summed E-state index contributed by atoms with van der Waals surface area (Å²) in [4.78, 5) is 0. The Labute approximate surface area is 91.3 Å². The van der Waals surface area contributed by atoms with Crippen LogP contribution >= 0.6 is 12.4 Å². The molecule has 0 saturated heterocycles. The van der Waals surface area contributed by atoms with Crippen molar-refractivity contribution in [1.29, 1.82) is 0 Å². The summed E-state index contributed by atoms with van der Waals surface area (Å²) in [6.07, 6.45) is 2.65. The number of hydrogen-bond acceptors (Lipinski definition) is 1. The Morgan fingerprint density at radius 3 is 2.57 bits per heavy atom. The zero-order chi connectivity index (χ0) is 8.93. The summed E-state index contributed by atoms with van der Waals surface area (Å²) < 4.78 is 0.